The summed E-state index contributed by atoms with van der Waals surface area (Å²) in [5, 5.41) is 0.809. The number of thioether (sulfide) groups is 1. The molecule has 0 aliphatic rings. The summed E-state index contributed by atoms with van der Waals surface area (Å²) in [5.41, 5.74) is 2.48. The van der Waals surface area contributed by atoms with E-state index < -0.39 is 5.97 Å². The number of H-pyrrole nitrogens is 1. The maximum Gasteiger partial charge on any atom is 0.339 e. The van der Waals surface area contributed by atoms with E-state index in [2.05, 4.69) is 4.98 Å². The second-order valence-electron chi connectivity index (χ2n) is 6.74. The zero-order valence-electron chi connectivity index (χ0n) is 16.5. The summed E-state index contributed by atoms with van der Waals surface area (Å²) in [7, 11) is 3.36. The molecule has 0 radical (unpaired) electrons. The van der Waals surface area contributed by atoms with Gasteiger partial charge in [0.15, 0.2) is 6.61 Å². The van der Waals surface area contributed by atoms with Crippen molar-refractivity contribution in [2.75, 3.05) is 26.5 Å². The molecule has 0 fully saturated rings. The van der Waals surface area contributed by atoms with E-state index in [1.54, 1.807) is 38.4 Å². The molecule has 3 rings (SSSR count). The third-order valence-corrected chi connectivity index (χ3v) is 5.52. The van der Waals surface area contributed by atoms with Crippen LogP contribution in [0, 0.1) is 6.92 Å². The molecular weight excluding hydrogens is 388 g/mol. The molecular formula is C22H22N2O4S. The van der Waals surface area contributed by atoms with Gasteiger partial charge >= 0.3 is 5.97 Å². The monoisotopic (exact) mass is 410 g/mol. The standard InChI is InChI=1S/C22H22N2O4S/c1-14-21(15-8-4-6-10-17(15)23-14)18(25)12-28-22(27)16-9-5-7-11-19(16)29-13-20(26)24(2)3/h4-11,23H,12-13H2,1-3H3. The van der Waals surface area contributed by atoms with Gasteiger partial charge in [-0.3, -0.25) is 9.59 Å². The normalized spacial score (nSPS) is 10.7. The average Bonchev–Trinajstić information content (AvgIpc) is 3.05. The lowest BCUT2D eigenvalue weighted by Gasteiger charge is -2.12. The molecule has 1 heterocycles. The number of esters is 1. The number of nitrogens with one attached hydrogen (secondary N) is 1. The molecule has 0 atom stereocenters. The Bertz CT molecular complexity index is 1070. The Kier molecular flexibility index (Phi) is 6.39. The number of ether oxygens (including phenoxy) is 1. The van der Waals surface area contributed by atoms with E-state index in [0.717, 1.165) is 16.6 Å². The number of hydrogen-bond donors (Lipinski definition) is 1. The van der Waals surface area contributed by atoms with Gasteiger partial charge in [0.1, 0.15) is 0 Å². The van der Waals surface area contributed by atoms with E-state index in [0.29, 0.717) is 16.0 Å². The first-order chi connectivity index (χ1) is 13.9. The Balaban J connectivity index is 1.70. The summed E-state index contributed by atoms with van der Waals surface area (Å²) < 4.78 is 5.30. The van der Waals surface area contributed by atoms with E-state index in [-0.39, 0.29) is 24.1 Å². The molecule has 0 unspecified atom stereocenters. The molecule has 0 saturated heterocycles. The van der Waals surface area contributed by atoms with Crippen LogP contribution >= 0.6 is 11.8 Å². The molecule has 29 heavy (non-hydrogen) atoms. The summed E-state index contributed by atoms with van der Waals surface area (Å²) in [6.07, 6.45) is 0. The average molecular weight is 410 g/mol. The van der Waals surface area contributed by atoms with Gasteiger partial charge in [-0.25, -0.2) is 4.79 Å². The number of ketones is 1. The fourth-order valence-electron chi connectivity index (χ4n) is 2.95. The van der Waals surface area contributed by atoms with Crippen LogP contribution in [-0.4, -0.2) is 54.0 Å². The van der Waals surface area contributed by atoms with Gasteiger partial charge in [-0.05, 0) is 25.1 Å². The van der Waals surface area contributed by atoms with E-state index in [1.165, 1.54) is 16.7 Å². The molecule has 0 aliphatic heterocycles. The first-order valence-corrected chi connectivity index (χ1v) is 10.1. The lowest BCUT2D eigenvalue weighted by molar-refractivity contribution is -0.125. The Hall–Kier alpha value is -3.06. The summed E-state index contributed by atoms with van der Waals surface area (Å²) >= 11 is 1.27. The fourth-order valence-corrected chi connectivity index (χ4v) is 3.97. The van der Waals surface area contributed by atoms with E-state index in [9.17, 15) is 14.4 Å². The number of hydrogen-bond acceptors (Lipinski definition) is 5. The highest BCUT2D eigenvalue weighted by atomic mass is 32.2. The largest absolute Gasteiger partial charge is 0.454 e. The first-order valence-electron chi connectivity index (χ1n) is 9.08. The third kappa shape index (κ3) is 4.68. The van der Waals surface area contributed by atoms with Crippen LogP contribution in [0.3, 0.4) is 0 Å². The molecule has 0 bridgehead atoms. The summed E-state index contributed by atoms with van der Waals surface area (Å²) in [4.78, 5) is 42.4. The summed E-state index contributed by atoms with van der Waals surface area (Å²) in [6, 6.07) is 14.4. The van der Waals surface area contributed by atoms with Gasteiger partial charge in [0.05, 0.1) is 11.3 Å². The molecule has 0 spiro atoms. The third-order valence-electron chi connectivity index (χ3n) is 4.46. The molecule has 0 saturated carbocycles. The predicted molar refractivity (Wildman–Crippen MR) is 114 cm³/mol. The smallest absolute Gasteiger partial charge is 0.339 e. The maximum absolute atomic E-state index is 12.7. The van der Waals surface area contributed by atoms with Crippen molar-refractivity contribution in [1.82, 2.24) is 9.88 Å². The van der Waals surface area contributed by atoms with E-state index >= 15 is 0 Å². The van der Waals surface area contributed by atoms with Crippen molar-refractivity contribution in [1.29, 1.82) is 0 Å². The van der Waals surface area contributed by atoms with Crippen LogP contribution < -0.4 is 0 Å². The number of carbonyl (C=O) groups excluding carboxylic acids is 3. The maximum atomic E-state index is 12.7. The topological polar surface area (TPSA) is 79.5 Å². The van der Waals surface area contributed by atoms with Crippen LogP contribution in [0.4, 0.5) is 0 Å². The molecule has 3 aromatic rings. The van der Waals surface area contributed by atoms with Gasteiger partial charge in [-0.15, -0.1) is 11.8 Å². The van der Waals surface area contributed by atoms with Crippen molar-refractivity contribution in [2.24, 2.45) is 0 Å². The zero-order chi connectivity index (χ0) is 21.0. The summed E-state index contributed by atoms with van der Waals surface area (Å²) in [6.45, 7) is 1.47. The highest BCUT2D eigenvalue weighted by Crippen LogP contribution is 2.25. The number of rotatable bonds is 7. The molecule has 2 aromatic carbocycles. The van der Waals surface area contributed by atoms with Crippen molar-refractivity contribution in [3.05, 3.63) is 65.4 Å². The lowest BCUT2D eigenvalue weighted by atomic mass is 10.1. The Labute approximate surface area is 173 Å². The van der Waals surface area contributed by atoms with Crippen LogP contribution in [0.25, 0.3) is 10.9 Å². The fraction of sp³-hybridized carbons (Fsp3) is 0.227. The number of nitrogens with zero attached hydrogens (tertiary/aromatic N) is 1. The number of Topliss-reactive ketones (excluding diaryl/α,β-unsaturated/α-hetero) is 1. The Morgan fingerprint density at radius 3 is 2.48 bits per heavy atom. The highest BCUT2D eigenvalue weighted by molar-refractivity contribution is 8.00. The minimum Gasteiger partial charge on any atom is -0.454 e. The molecule has 6 nitrogen and oxygen atoms in total. The highest BCUT2D eigenvalue weighted by Gasteiger charge is 2.19. The van der Waals surface area contributed by atoms with Gasteiger partial charge in [-0.2, -0.15) is 0 Å². The Morgan fingerprint density at radius 2 is 1.72 bits per heavy atom. The zero-order valence-corrected chi connectivity index (χ0v) is 17.3. The van der Waals surface area contributed by atoms with Crippen molar-refractivity contribution >= 4 is 40.3 Å². The molecule has 1 N–H and O–H groups in total. The van der Waals surface area contributed by atoms with Crippen LogP contribution in [-0.2, 0) is 9.53 Å². The molecule has 0 aliphatic carbocycles. The van der Waals surface area contributed by atoms with Crippen molar-refractivity contribution < 1.29 is 19.1 Å². The van der Waals surface area contributed by atoms with Crippen LogP contribution in [0.15, 0.2) is 53.4 Å². The minimum absolute atomic E-state index is 0.0526. The number of amides is 1. The van der Waals surface area contributed by atoms with Gasteiger partial charge in [-0.1, -0.05) is 30.3 Å². The number of aromatic nitrogens is 1. The second-order valence-corrected chi connectivity index (χ2v) is 7.76. The molecule has 1 aromatic heterocycles. The van der Waals surface area contributed by atoms with Crippen LogP contribution in [0.1, 0.15) is 26.4 Å². The Morgan fingerprint density at radius 1 is 1.03 bits per heavy atom. The SMILES string of the molecule is Cc1[nH]c2ccccc2c1C(=O)COC(=O)c1ccccc1SCC(=O)N(C)C. The second kappa shape index (κ2) is 8.96. The number of carbonyl (C=O) groups is 3. The van der Waals surface area contributed by atoms with Crippen molar-refractivity contribution in [3.8, 4) is 0 Å². The van der Waals surface area contributed by atoms with Gasteiger partial charge in [0.25, 0.3) is 0 Å². The number of fused-ring (bicyclic) bond motifs is 1. The van der Waals surface area contributed by atoms with Crippen molar-refractivity contribution in [3.63, 3.8) is 0 Å². The number of benzene rings is 2. The molecule has 150 valence electrons. The number of aryl methyl sites for hydroxylation is 1. The van der Waals surface area contributed by atoms with Gasteiger partial charge < -0.3 is 14.6 Å². The lowest BCUT2D eigenvalue weighted by Crippen LogP contribution is -2.23. The number of para-hydroxylation sites is 1. The molecule has 1 amide bonds. The van der Waals surface area contributed by atoms with Crippen LogP contribution in [0.5, 0.6) is 0 Å². The summed E-state index contributed by atoms with van der Waals surface area (Å²) in [5.74, 6) is -0.689. The first kappa shape index (κ1) is 20.7. The van der Waals surface area contributed by atoms with Gasteiger partial charge in [0.2, 0.25) is 11.7 Å². The van der Waals surface area contributed by atoms with Gasteiger partial charge in [0, 0.05) is 41.2 Å². The van der Waals surface area contributed by atoms with Crippen molar-refractivity contribution in [2.45, 2.75) is 11.8 Å². The number of aromatic amines is 1. The van der Waals surface area contributed by atoms with E-state index in [1.807, 2.05) is 31.2 Å². The van der Waals surface area contributed by atoms with E-state index in [4.69, 9.17) is 4.74 Å². The quantitative estimate of drug-likeness (QED) is 0.365. The minimum atomic E-state index is -0.587. The molecule has 7 heteroatoms. The predicted octanol–water partition coefficient (Wildman–Crippen LogP) is 3.70. The van der Waals surface area contributed by atoms with Crippen LogP contribution in [0.2, 0.25) is 0 Å².